The SMILES string of the molecule is Cc1nn(C2CCCNCC2)c(C)c1Cl. The number of aryl methyl sites for hydroxylation is 1. The third-order valence-corrected chi connectivity index (χ3v) is 3.67. The van der Waals surface area contributed by atoms with Crippen molar-refractivity contribution in [2.75, 3.05) is 13.1 Å². The molecule has 0 bridgehead atoms. The van der Waals surface area contributed by atoms with Crippen LogP contribution in [0.5, 0.6) is 0 Å². The Morgan fingerprint density at radius 3 is 2.80 bits per heavy atom. The van der Waals surface area contributed by atoms with Crippen molar-refractivity contribution in [3.05, 3.63) is 16.4 Å². The predicted octanol–water partition coefficient (Wildman–Crippen LogP) is 2.47. The van der Waals surface area contributed by atoms with Gasteiger partial charge in [0, 0.05) is 0 Å². The van der Waals surface area contributed by atoms with Crippen molar-refractivity contribution in [1.82, 2.24) is 15.1 Å². The Balaban J connectivity index is 2.23. The fourth-order valence-corrected chi connectivity index (χ4v) is 2.37. The summed E-state index contributed by atoms with van der Waals surface area (Å²) in [5, 5.41) is 8.77. The second-order valence-electron chi connectivity index (χ2n) is 4.26. The summed E-state index contributed by atoms with van der Waals surface area (Å²) in [6.07, 6.45) is 3.57. The van der Waals surface area contributed by atoms with Gasteiger partial charge in [-0.3, -0.25) is 4.68 Å². The van der Waals surface area contributed by atoms with Crippen molar-refractivity contribution >= 4 is 11.6 Å². The molecule has 4 heteroatoms. The van der Waals surface area contributed by atoms with Crippen LogP contribution in [-0.4, -0.2) is 22.9 Å². The summed E-state index contributed by atoms with van der Waals surface area (Å²) < 4.78 is 2.12. The van der Waals surface area contributed by atoms with E-state index in [1.54, 1.807) is 0 Å². The third kappa shape index (κ3) is 2.18. The molecule has 1 atom stereocenters. The smallest absolute Gasteiger partial charge is 0.0844 e. The third-order valence-electron chi connectivity index (χ3n) is 3.13. The van der Waals surface area contributed by atoms with Gasteiger partial charge in [-0.05, 0) is 46.2 Å². The molecule has 1 aromatic rings. The Kier molecular flexibility index (Phi) is 3.32. The molecule has 1 fully saturated rings. The minimum atomic E-state index is 0.520. The number of rotatable bonds is 1. The number of halogens is 1. The van der Waals surface area contributed by atoms with Gasteiger partial charge in [0.05, 0.1) is 22.5 Å². The van der Waals surface area contributed by atoms with E-state index < -0.39 is 0 Å². The lowest BCUT2D eigenvalue weighted by molar-refractivity contribution is 0.405. The van der Waals surface area contributed by atoms with E-state index in [0.29, 0.717) is 6.04 Å². The molecule has 1 saturated heterocycles. The number of nitrogens with zero attached hydrogens (tertiary/aromatic N) is 2. The maximum Gasteiger partial charge on any atom is 0.0844 e. The quantitative estimate of drug-likeness (QED) is 0.799. The molecule has 84 valence electrons. The van der Waals surface area contributed by atoms with Gasteiger partial charge in [0.25, 0.3) is 0 Å². The van der Waals surface area contributed by atoms with Crippen LogP contribution in [0.15, 0.2) is 0 Å². The van der Waals surface area contributed by atoms with Gasteiger partial charge in [0.1, 0.15) is 0 Å². The van der Waals surface area contributed by atoms with E-state index in [1.165, 1.54) is 12.8 Å². The monoisotopic (exact) mass is 227 g/mol. The molecular weight excluding hydrogens is 210 g/mol. The van der Waals surface area contributed by atoms with Gasteiger partial charge in [-0.25, -0.2) is 0 Å². The fourth-order valence-electron chi connectivity index (χ4n) is 2.24. The van der Waals surface area contributed by atoms with E-state index in [9.17, 15) is 0 Å². The Morgan fingerprint density at radius 1 is 1.33 bits per heavy atom. The first-order chi connectivity index (χ1) is 7.20. The number of hydrogen-bond donors (Lipinski definition) is 1. The summed E-state index contributed by atoms with van der Waals surface area (Å²) in [6.45, 7) is 6.24. The zero-order valence-electron chi connectivity index (χ0n) is 9.39. The molecule has 0 aromatic carbocycles. The van der Waals surface area contributed by atoms with Crippen LogP contribution in [0.4, 0.5) is 0 Å². The molecule has 0 aliphatic carbocycles. The molecule has 0 radical (unpaired) electrons. The largest absolute Gasteiger partial charge is 0.317 e. The van der Waals surface area contributed by atoms with Crippen LogP contribution in [-0.2, 0) is 0 Å². The van der Waals surface area contributed by atoms with Crippen molar-refractivity contribution in [2.45, 2.75) is 39.2 Å². The Labute approximate surface area is 95.8 Å². The molecule has 0 spiro atoms. The van der Waals surface area contributed by atoms with Crippen molar-refractivity contribution in [1.29, 1.82) is 0 Å². The van der Waals surface area contributed by atoms with E-state index >= 15 is 0 Å². The highest BCUT2D eigenvalue weighted by molar-refractivity contribution is 6.31. The van der Waals surface area contributed by atoms with Gasteiger partial charge in [0.15, 0.2) is 0 Å². The number of aromatic nitrogens is 2. The van der Waals surface area contributed by atoms with Gasteiger partial charge in [-0.1, -0.05) is 11.6 Å². The number of hydrogen-bond acceptors (Lipinski definition) is 2. The molecule has 3 nitrogen and oxygen atoms in total. The van der Waals surface area contributed by atoms with Crippen LogP contribution >= 0.6 is 11.6 Å². The minimum absolute atomic E-state index is 0.520. The first-order valence-corrected chi connectivity index (χ1v) is 6.00. The lowest BCUT2D eigenvalue weighted by atomic mass is 10.1. The summed E-state index contributed by atoms with van der Waals surface area (Å²) in [5.41, 5.74) is 2.06. The van der Waals surface area contributed by atoms with Crippen LogP contribution in [0.3, 0.4) is 0 Å². The fraction of sp³-hybridized carbons (Fsp3) is 0.727. The van der Waals surface area contributed by atoms with Crippen molar-refractivity contribution in [3.8, 4) is 0 Å². The van der Waals surface area contributed by atoms with Crippen LogP contribution in [0.1, 0.15) is 36.7 Å². The van der Waals surface area contributed by atoms with E-state index in [1.807, 2.05) is 6.92 Å². The summed E-state index contributed by atoms with van der Waals surface area (Å²) in [5.74, 6) is 0. The zero-order chi connectivity index (χ0) is 10.8. The summed E-state index contributed by atoms with van der Waals surface area (Å²) in [7, 11) is 0. The summed E-state index contributed by atoms with van der Waals surface area (Å²) in [4.78, 5) is 0. The average molecular weight is 228 g/mol. The molecule has 2 heterocycles. The molecule has 1 N–H and O–H groups in total. The van der Waals surface area contributed by atoms with E-state index in [2.05, 4.69) is 22.0 Å². The van der Waals surface area contributed by atoms with Gasteiger partial charge in [-0.2, -0.15) is 5.10 Å². The molecule has 1 aliphatic rings. The highest BCUT2D eigenvalue weighted by atomic mass is 35.5. The molecule has 0 saturated carbocycles. The van der Waals surface area contributed by atoms with Crippen LogP contribution < -0.4 is 5.32 Å². The molecular formula is C11H18ClN3. The maximum atomic E-state index is 6.16. The highest BCUT2D eigenvalue weighted by Crippen LogP contribution is 2.26. The Morgan fingerprint density at radius 2 is 2.13 bits per heavy atom. The van der Waals surface area contributed by atoms with E-state index in [4.69, 9.17) is 11.6 Å². The zero-order valence-corrected chi connectivity index (χ0v) is 10.1. The first kappa shape index (κ1) is 11.0. The Hall–Kier alpha value is -0.540. The molecule has 1 aliphatic heterocycles. The topological polar surface area (TPSA) is 29.9 Å². The lowest BCUT2D eigenvalue weighted by Crippen LogP contribution is -2.16. The minimum Gasteiger partial charge on any atom is -0.317 e. The lowest BCUT2D eigenvalue weighted by Gasteiger charge is -2.16. The van der Waals surface area contributed by atoms with Crippen LogP contribution in [0.2, 0.25) is 5.02 Å². The van der Waals surface area contributed by atoms with Gasteiger partial charge in [-0.15, -0.1) is 0 Å². The summed E-state index contributed by atoms with van der Waals surface area (Å²) >= 11 is 6.16. The molecule has 15 heavy (non-hydrogen) atoms. The highest BCUT2D eigenvalue weighted by Gasteiger charge is 2.18. The Bertz CT molecular complexity index is 338. The van der Waals surface area contributed by atoms with Crippen molar-refractivity contribution < 1.29 is 0 Å². The molecule has 2 rings (SSSR count). The van der Waals surface area contributed by atoms with Gasteiger partial charge >= 0.3 is 0 Å². The normalized spacial score (nSPS) is 22.7. The first-order valence-electron chi connectivity index (χ1n) is 5.62. The van der Waals surface area contributed by atoms with Gasteiger partial charge in [0.2, 0.25) is 0 Å². The molecule has 1 aromatic heterocycles. The van der Waals surface area contributed by atoms with E-state index in [-0.39, 0.29) is 0 Å². The van der Waals surface area contributed by atoms with Crippen molar-refractivity contribution in [3.63, 3.8) is 0 Å². The number of nitrogens with one attached hydrogen (secondary N) is 1. The van der Waals surface area contributed by atoms with Gasteiger partial charge < -0.3 is 5.32 Å². The van der Waals surface area contributed by atoms with Crippen molar-refractivity contribution in [2.24, 2.45) is 0 Å². The molecule has 1 unspecified atom stereocenters. The van der Waals surface area contributed by atoms with Crippen LogP contribution in [0, 0.1) is 13.8 Å². The second kappa shape index (κ2) is 4.54. The predicted molar refractivity (Wildman–Crippen MR) is 62.5 cm³/mol. The average Bonchev–Trinajstić information content (AvgIpc) is 2.51. The molecule has 0 amide bonds. The van der Waals surface area contributed by atoms with E-state index in [0.717, 1.165) is 35.9 Å². The summed E-state index contributed by atoms with van der Waals surface area (Å²) in [6, 6.07) is 0.520. The maximum absolute atomic E-state index is 6.16. The standard InChI is InChI=1S/C11H18ClN3/c1-8-11(12)9(2)15(14-8)10-4-3-6-13-7-5-10/h10,13H,3-7H2,1-2H3. The van der Waals surface area contributed by atoms with Crippen LogP contribution in [0.25, 0.3) is 0 Å². The second-order valence-corrected chi connectivity index (χ2v) is 4.64.